The summed E-state index contributed by atoms with van der Waals surface area (Å²) >= 11 is 0. The van der Waals surface area contributed by atoms with Crippen LogP contribution in [0.5, 0.6) is 34.5 Å². The van der Waals surface area contributed by atoms with Crippen LogP contribution in [0.25, 0.3) is 0 Å². The Hall–Kier alpha value is -14.2. The summed E-state index contributed by atoms with van der Waals surface area (Å²) in [6.07, 6.45) is 5.93. The van der Waals surface area contributed by atoms with Crippen LogP contribution in [0.2, 0.25) is 34.9 Å². The van der Waals surface area contributed by atoms with E-state index < -0.39 is 212 Å². The number of rotatable bonds is 24. The summed E-state index contributed by atoms with van der Waals surface area (Å²) in [5, 5.41) is 59.1. The van der Waals surface area contributed by atoms with Gasteiger partial charge in [0, 0.05) is 55.9 Å². The first-order valence-electron chi connectivity index (χ1n) is 47.8. The van der Waals surface area contributed by atoms with Gasteiger partial charge in [0.2, 0.25) is 26.7 Å². The fourth-order valence-electron chi connectivity index (χ4n) is 18.3. The van der Waals surface area contributed by atoms with Gasteiger partial charge in [0.1, 0.15) is 121 Å². The molecule has 42 nitrogen and oxygen atoms in total. The molecule has 13 atom stereocenters. The highest BCUT2D eigenvalue weighted by molar-refractivity contribution is 6.50. The number of amides is 1. The molecule has 21 rings (SSSR count). The fraction of sp³-hybridized carbons (Fsp3) is 0.453. The van der Waals surface area contributed by atoms with Gasteiger partial charge in [0.05, 0.1) is 13.2 Å². The molecule has 7 aliphatic heterocycles. The normalized spacial score (nSPS) is 22.2. The minimum Gasteiger partial charge on any atom is -0.535 e. The van der Waals surface area contributed by atoms with E-state index in [1.165, 1.54) is 56.3 Å². The Labute approximate surface area is 845 Å². The molecule has 0 spiro atoms. The van der Waals surface area contributed by atoms with E-state index in [1.54, 1.807) is 45.0 Å². The van der Waals surface area contributed by atoms with Crippen molar-refractivity contribution in [2.24, 2.45) is 0 Å². The summed E-state index contributed by atoms with van der Waals surface area (Å²) in [5.74, 6) is -11.2. The highest BCUT2D eigenvalue weighted by atomic mass is 19.1. The number of halogens is 6. The summed E-state index contributed by atoms with van der Waals surface area (Å²) in [6, 6.07) is 16.3. The summed E-state index contributed by atoms with van der Waals surface area (Å²) < 4.78 is 198. The van der Waals surface area contributed by atoms with Crippen LogP contribution in [-0.2, 0) is 90.1 Å². The molecule has 788 valence electrons. The van der Waals surface area contributed by atoms with Crippen LogP contribution in [0.15, 0.2) is 96.8 Å². The van der Waals surface area contributed by atoms with Crippen LogP contribution in [0.4, 0.5) is 45.5 Å². The van der Waals surface area contributed by atoms with Crippen LogP contribution in [0, 0.1) is 34.9 Å². The van der Waals surface area contributed by atoms with Gasteiger partial charge in [-0.1, -0.05) is 42.8 Å². The lowest BCUT2D eigenvalue weighted by Gasteiger charge is -2.24. The molecule has 6 aromatic carbocycles. The van der Waals surface area contributed by atoms with Crippen molar-refractivity contribution in [3.8, 4) is 34.5 Å². The minimum atomic E-state index is -1.27. The summed E-state index contributed by atoms with van der Waals surface area (Å²) in [6.45, 7) is 6.24. The molecule has 0 aromatic heterocycles. The Bertz CT molecular complexity index is 6250. The van der Waals surface area contributed by atoms with Crippen LogP contribution in [0.3, 0.4) is 0 Å². The lowest BCUT2D eigenvalue weighted by molar-refractivity contribution is -0.147. The third-order valence-corrected chi connectivity index (χ3v) is 26.8. The van der Waals surface area contributed by atoms with Gasteiger partial charge >= 0.3 is 109 Å². The van der Waals surface area contributed by atoms with Crippen molar-refractivity contribution in [1.29, 1.82) is 0 Å². The van der Waals surface area contributed by atoms with Gasteiger partial charge < -0.3 is 143 Å². The van der Waals surface area contributed by atoms with E-state index in [9.17, 15) is 114 Å². The van der Waals surface area contributed by atoms with Crippen LogP contribution >= 0.6 is 0 Å². The summed E-state index contributed by atoms with van der Waals surface area (Å²) in [7, 11) is -3.38. The molecule has 8 fully saturated rings. The Morgan fingerprint density at radius 3 is 0.960 bits per heavy atom. The number of carbonyl (C=O) groups excluding carboxylic acids is 12. The molecule has 0 saturated heterocycles. The first-order valence-corrected chi connectivity index (χ1v) is 47.8. The molecule has 149 heavy (non-hydrogen) atoms. The van der Waals surface area contributed by atoms with Crippen molar-refractivity contribution >= 4 is 115 Å². The monoisotopic (exact) mass is 2090 g/mol. The van der Waals surface area contributed by atoms with E-state index in [-0.39, 0.29) is 154 Å². The first-order chi connectivity index (χ1) is 71.3. The average molecular weight is 2090 g/mol. The quantitative estimate of drug-likeness (QED) is 0.0108. The predicted molar refractivity (Wildman–Crippen MR) is 492 cm³/mol. The predicted octanol–water partition coefficient (Wildman–Crippen LogP) is 12.4. The van der Waals surface area contributed by atoms with Crippen molar-refractivity contribution in [2.45, 2.75) is 206 Å². The van der Waals surface area contributed by atoms with Crippen molar-refractivity contribution < 1.29 is 222 Å². The van der Waals surface area contributed by atoms with Gasteiger partial charge in [-0.15, -0.1) is 0 Å². The first kappa shape index (κ1) is 108. The average Bonchev–Trinajstić information content (AvgIpc) is 1.61. The zero-order valence-corrected chi connectivity index (χ0v) is 80.5. The number of ether oxygens (including phenoxy) is 17. The zero-order valence-electron chi connectivity index (χ0n) is 80.5. The van der Waals surface area contributed by atoms with Crippen molar-refractivity contribution in [3.63, 3.8) is 0 Å². The smallest absolute Gasteiger partial charge is 0.526 e. The zero-order chi connectivity index (χ0) is 107. The molecule has 0 bridgehead atoms. The maximum absolute atomic E-state index is 14.2. The fourth-order valence-corrected chi connectivity index (χ4v) is 18.3. The lowest BCUT2D eigenvalue weighted by Crippen LogP contribution is -2.30. The van der Waals surface area contributed by atoms with E-state index >= 15 is 0 Å². The number of esters is 7. The molecule has 1 amide bonds. The number of benzene rings is 6. The topological polar surface area (TPSA) is 542 Å². The number of allylic oxidation sites excluding steroid dienone is 1. The molecule has 6 aromatic rings. The second-order valence-electron chi connectivity index (χ2n) is 36.9. The van der Waals surface area contributed by atoms with E-state index in [0.717, 1.165) is 107 Å². The Kier molecular flexibility index (Phi) is 33.4. The molecule has 8 aliphatic carbocycles. The number of likely N-dealkylation sites (N-methyl/N-ethyl adjacent to an activating group) is 1. The van der Waals surface area contributed by atoms with E-state index in [0.29, 0.717) is 45.8 Å². The third kappa shape index (κ3) is 25.0. The van der Waals surface area contributed by atoms with Gasteiger partial charge in [-0.3, -0.25) is 4.79 Å². The van der Waals surface area contributed by atoms with Crippen molar-refractivity contribution in [1.82, 2.24) is 4.90 Å². The largest absolute Gasteiger partial charge is 0.535 e. The van der Waals surface area contributed by atoms with E-state index in [2.05, 4.69) is 30.3 Å². The Morgan fingerprint density at radius 1 is 0.362 bits per heavy atom. The van der Waals surface area contributed by atoms with Crippen molar-refractivity contribution in [3.05, 3.63) is 199 Å². The molecule has 1 unspecified atom stereocenters. The highest BCUT2D eigenvalue weighted by Gasteiger charge is 2.61. The molecular weight excluding hydrogens is 1990 g/mol. The maximum atomic E-state index is 14.2. The highest BCUT2D eigenvalue weighted by Crippen LogP contribution is 2.66. The van der Waals surface area contributed by atoms with Crippen LogP contribution in [0.1, 0.15) is 249 Å². The van der Waals surface area contributed by atoms with Gasteiger partial charge in [-0.05, 0) is 216 Å². The molecule has 54 heteroatoms. The van der Waals surface area contributed by atoms with Gasteiger partial charge in [0.25, 0.3) is 11.9 Å². The number of carbonyl (C=O) groups is 12. The molecule has 7 heterocycles. The lowest BCUT2D eigenvalue weighted by atomic mass is 9.77. The summed E-state index contributed by atoms with van der Waals surface area (Å²) in [5.41, 5.74) is 1.67. The second-order valence-corrected chi connectivity index (χ2v) is 36.9. The molecule has 0 radical (unpaired) electrons. The summed E-state index contributed by atoms with van der Waals surface area (Å²) in [4.78, 5) is 143. The minimum absolute atomic E-state index is 0.00264. The maximum Gasteiger partial charge on any atom is 0.526 e. The van der Waals surface area contributed by atoms with Gasteiger partial charge in [-0.2, -0.15) is 0 Å². The Balaban J connectivity index is 0.000000128. The number of hydrogen-bond acceptors (Lipinski definition) is 41. The number of fused-ring (bicyclic) bond motifs is 18. The Morgan fingerprint density at radius 2 is 0.664 bits per heavy atom. The number of nitrogens with zero attached hydrogens (tertiary/aromatic N) is 1. The van der Waals surface area contributed by atoms with Gasteiger partial charge in [0.15, 0.2) is 25.6 Å². The van der Waals surface area contributed by atoms with Crippen LogP contribution < -0.4 is 27.9 Å². The second kappa shape index (κ2) is 46.3. The van der Waals surface area contributed by atoms with E-state index in [1.807, 2.05) is 0 Å². The third-order valence-electron chi connectivity index (χ3n) is 26.8. The molecular formula is C95H97B6F6NO41. The van der Waals surface area contributed by atoms with E-state index in [4.69, 9.17) is 84.8 Å². The molecule has 6 N–H and O–H groups in total. The van der Waals surface area contributed by atoms with Gasteiger partial charge in [-0.25, -0.2) is 79.1 Å². The van der Waals surface area contributed by atoms with Crippen molar-refractivity contribution in [2.75, 3.05) is 67.5 Å². The molecule has 8 saturated carbocycles. The van der Waals surface area contributed by atoms with Crippen LogP contribution in [-0.4, -0.2) is 236 Å². The SMILES string of the molecule is C=C1OC(C)=C(COC(=O)c2c(F)ccc3c2OB(O)[C@@H]2C[C@H]32)O1.CCOC(=O)COC(=O)OCOC(=O)c1c(F)ccc2c1OB(O)[C@@H]1C[C@H]21.CCOC(=O)OC(C)OC(=O)c1c(F)ccc2c1OB(O)[C@@H]1C[C@H]21.CN(C)C(=O)COC(=O)c1c(F)ccc2c1OB(O)[C@@H]1C[C@H]21.O=C(OCOC(=O)c1c(F)ccc2c1OB(O)[C@@H]1C[C@H]21)OC1CCC1.O=C(OCOC(=O)c1c(F)ccc2c1OB(O)[C@@H]1C[C@H]21)OC1CCCCC1. The number of hydrogen-bond donors (Lipinski definition) is 6. The standard InChI is InChI=1S/C18H20BFO7.C16H16BFO9.C16H16BFO7.C16H14BFO6.C15H16BFO7.C14H15BFNO5/c20-14-7-6-11-12-8-13(12)19(23)27-16(11)15(14)17(21)24-9-25-18(22)26-10-4-2-1-3-5-10;1-2-23-12(19)6-24-16(21)26-7-25-15(20)13-11(18)4-3-8-9-5-10(9)17(22)27-14(8)13;18-12-5-4-9-10-6-11(10)17(21)25-14(9)13(12)15(19)22-7-23-16(20)24-8-2-1-3-8;1-7-13(23-8(2)22-7)6-21-16(19)14-12(18)4-3-9-10-5-11(10)17(20)24-15(9)14;1-3-21-15(19)23-7(2)22-14(18)12-11(17)5-4-8-9-6-10(9)16(20)24-13(8)12;1-17(2)11(18)6-21-14(19)12-10(16)4-3-7-8-5-9(8)15(20)22-13(7)12/h6-7,10,12-13,23H,1-5,8-9H2;3-4,9-10,22H,2,5-7H2,1H3;4-5,8,10-11,21H,1-3,6-7H2;3-4,10-11,20H,2,5-6H2,1H3;4-5,7,9-10,20H,3,6H2,1-2H3;3-4,8-9,20H,5-6H2,1-2H3/t12-,13-;9-,10-;2*10-,11-;7?,9-,10-;8-,9-/m111111/s1. The molecule has 15 aliphatic rings.